The molecule has 0 aromatic rings. The number of rotatable bonds is 4. The summed E-state index contributed by atoms with van der Waals surface area (Å²) in [4.78, 5) is 20.5. The van der Waals surface area contributed by atoms with Gasteiger partial charge < -0.3 is 21.5 Å². The van der Waals surface area contributed by atoms with E-state index < -0.39 is 6.09 Å². The van der Waals surface area contributed by atoms with Gasteiger partial charge in [-0.15, -0.1) is 0 Å². The molecule has 0 spiro atoms. The minimum atomic E-state index is -1.21. The first-order valence-corrected chi connectivity index (χ1v) is 3.10. The van der Waals surface area contributed by atoms with Gasteiger partial charge in [-0.3, -0.25) is 4.79 Å². The Kier molecular flexibility index (Phi) is 4.83. The van der Waals surface area contributed by atoms with Crippen molar-refractivity contribution in [1.82, 2.24) is 10.6 Å². The molecule has 6 nitrogen and oxygen atoms in total. The predicted molar refractivity (Wildman–Crippen MR) is 38.1 cm³/mol. The first-order valence-electron chi connectivity index (χ1n) is 3.10. The summed E-state index contributed by atoms with van der Waals surface area (Å²) in [7, 11) is 0. The quantitative estimate of drug-likeness (QED) is 0.395. The van der Waals surface area contributed by atoms with Crippen LogP contribution in [0.4, 0.5) is 4.79 Å². The van der Waals surface area contributed by atoms with Crippen LogP contribution < -0.4 is 16.4 Å². The van der Waals surface area contributed by atoms with Crippen LogP contribution in [-0.4, -0.2) is 36.7 Å². The Morgan fingerprint density at radius 1 is 1.36 bits per heavy atom. The SMILES string of the molecule is NCCNC(=O)CNC(=O)O. The Labute approximate surface area is 63.8 Å². The molecule has 0 aliphatic carbocycles. The molecular weight excluding hydrogens is 150 g/mol. The van der Waals surface area contributed by atoms with Crippen molar-refractivity contribution in [1.29, 1.82) is 0 Å². The molecule has 0 atom stereocenters. The molecule has 0 fully saturated rings. The third-order valence-electron chi connectivity index (χ3n) is 0.867. The Morgan fingerprint density at radius 2 is 2.00 bits per heavy atom. The van der Waals surface area contributed by atoms with Gasteiger partial charge in [0, 0.05) is 13.1 Å². The van der Waals surface area contributed by atoms with E-state index in [2.05, 4.69) is 5.32 Å². The zero-order chi connectivity index (χ0) is 8.69. The fourth-order valence-corrected chi connectivity index (χ4v) is 0.430. The van der Waals surface area contributed by atoms with Gasteiger partial charge in [-0.2, -0.15) is 0 Å². The van der Waals surface area contributed by atoms with E-state index in [9.17, 15) is 9.59 Å². The van der Waals surface area contributed by atoms with Crippen molar-refractivity contribution in [2.75, 3.05) is 19.6 Å². The molecule has 0 aromatic heterocycles. The second-order valence-corrected chi connectivity index (χ2v) is 1.80. The van der Waals surface area contributed by atoms with E-state index >= 15 is 0 Å². The van der Waals surface area contributed by atoms with E-state index in [1.807, 2.05) is 5.32 Å². The minimum Gasteiger partial charge on any atom is -0.465 e. The zero-order valence-corrected chi connectivity index (χ0v) is 5.96. The van der Waals surface area contributed by atoms with Gasteiger partial charge in [0.15, 0.2) is 0 Å². The van der Waals surface area contributed by atoms with Crippen molar-refractivity contribution in [2.45, 2.75) is 0 Å². The van der Waals surface area contributed by atoms with Crippen LogP contribution in [0, 0.1) is 0 Å². The van der Waals surface area contributed by atoms with Gasteiger partial charge in [-0.25, -0.2) is 4.79 Å². The number of amides is 2. The van der Waals surface area contributed by atoms with Crippen LogP contribution in [0.25, 0.3) is 0 Å². The summed E-state index contributed by atoms with van der Waals surface area (Å²) in [5, 5.41) is 12.4. The topological polar surface area (TPSA) is 104 Å². The maximum Gasteiger partial charge on any atom is 0.405 e. The standard InChI is InChI=1S/C5H11N3O3/c6-1-2-7-4(9)3-8-5(10)11/h8H,1-3,6H2,(H,7,9)(H,10,11). The lowest BCUT2D eigenvalue weighted by Gasteiger charge is -2.01. The highest BCUT2D eigenvalue weighted by atomic mass is 16.4. The van der Waals surface area contributed by atoms with Crippen LogP contribution in [0.1, 0.15) is 0 Å². The summed E-state index contributed by atoms with van der Waals surface area (Å²) < 4.78 is 0. The van der Waals surface area contributed by atoms with Crippen LogP contribution >= 0.6 is 0 Å². The molecule has 5 N–H and O–H groups in total. The highest BCUT2D eigenvalue weighted by Crippen LogP contribution is 1.64. The second kappa shape index (κ2) is 5.48. The third kappa shape index (κ3) is 6.59. The average Bonchev–Trinajstić information content (AvgIpc) is 1.97. The van der Waals surface area contributed by atoms with E-state index in [4.69, 9.17) is 10.8 Å². The van der Waals surface area contributed by atoms with Gasteiger partial charge in [0.25, 0.3) is 0 Å². The molecule has 6 heteroatoms. The van der Waals surface area contributed by atoms with Gasteiger partial charge in [0.05, 0.1) is 6.54 Å². The van der Waals surface area contributed by atoms with E-state index in [1.165, 1.54) is 0 Å². The van der Waals surface area contributed by atoms with Crippen LogP contribution in [0.2, 0.25) is 0 Å². The molecule has 0 saturated heterocycles. The summed E-state index contributed by atoms with van der Waals surface area (Å²) in [6, 6.07) is 0. The number of hydrogen-bond donors (Lipinski definition) is 4. The number of carbonyl (C=O) groups is 2. The van der Waals surface area contributed by atoms with Crippen molar-refractivity contribution in [3.63, 3.8) is 0 Å². The van der Waals surface area contributed by atoms with E-state index in [1.54, 1.807) is 0 Å². The Balaban J connectivity index is 3.30. The number of carbonyl (C=O) groups excluding carboxylic acids is 1. The molecule has 0 aliphatic heterocycles. The molecular formula is C5H11N3O3. The first kappa shape index (κ1) is 9.70. The molecule has 0 saturated carbocycles. The van der Waals surface area contributed by atoms with Crippen LogP contribution in [-0.2, 0) is 4.79 Å². The molecule has 0 bridgehead atoms. The molecule has 64 valence electrons. The first-order chi connectivity index (χ1) is 5.16. The van der Waals surface area contributed by atoms with Gasteiger partial charge in [0.1, 0.15) is 0 Å². The zero-order valence-electron chi connectivity index (χ0n) is 5.96. The van der Waals surface area contributed by atoms with Gasteiger partial charge in [0.2, 0.25) is 5.91 Å². The Hall–Kier alpha value is -1.30. The van der Waals surface area contributed by atoms with Crippen molar-refractivity contribution in [2.24, 2.45) is 5.73 Å². The lowest BCUT2D eigenvalue weighted by atomic mass is 10.5. The summed E-state index contributed by atoms with van der Waals surface area (Å²) >= 11 is 0. The van der Waals surface area contributed by atoms with E-state index in [-0.39, 0.29) is 12.5 Å². The molecule has 0 aromatic carbocycles. The third-order valence-corrected chi connectivity index (χ3v) is 0.867. The fourth-order valence-electron chi connectivity index (χ4n) is 0.430. The molecule has 2 amide bonds. The minimum absolute atomic E-state index is 0.227. The highest BCUT2D eigenvalue weighted by molar-refractivity contribution is 5.81. The largest absolute Gasteiger partial charge is 0.465 e. The smallest absolute Gasteiger partial charge is 0.405 e. The fraction of sp³-hybridized carbons (Fsp3) is 0.600. The predicted octanol–water partition coefficient (Wildman–Crippen LogP) is -1.67. The van der Waals surface area contributed by atoms with E-state index in [0.717, 1.165) is 0 Å². The summed E-state index contributed by atoms with van der Waals surface area (Å²) in [5.41, 5.74) is 5.08. The number of hydrogen-bond acceptors (Lipinski definition) is 3. The molecule has 11 heavy (non-hydrogen) atoms. The normalized spacial score (nSPS) is 8.82. The monoisotopic (exact) mass is 161 g/mol. The lowest BCUT2D eigenvalue weighted by Crippen LogP contribution is -2.38. The van der Waals surface area contributed by atoms with E-state index in [0.29, 0.717) is 13.1 Å². The van der Waals surface area contributed by atoms with Crippen LogP contribution in [0.3, 0.4) is 0 Å². The van der Waals surface area contributed by atoms with Gasteiger partial charge >= 0.3 is 6.09 Å². The maximum atomic E-state index is 10.6. The van der Waals surface area contributed by atoms with Crippen molar-refractivity contribution >= 4 is 12.0 Å². The van der Waals surface area contributed by atoms with Crippen molar-refractivity contribution in [3.8, 4) is 0 Å². The van der Waals surface area contributed by atoms with Gasteiger partial charge in [-0.05, 0) is 0 Å². The highest BCUT2D eigenvalue weighted by Gasteiger charge is 2.00. The van der Waals surface area contributed by atoms with Crippen molar-refractivity contribution < 1.29 is 14.7 Å². The summed E-state index contributed by atoms with van der Waals surface area (Å²) in [5.74, 6) is -0.377. The van der Waals surface area contributed by atoms with Gasteiger partial charge in [-0.1, -0.05) is 0 Å². The number of nitrogens with one attached hydrogen (secondary N) is 2. The number of carboxylic acid groups (broad SMARTS) is 1. The second-order valence-electron chi connectivity index (χ2n) is 1.80. The summed E-state index contributed by atoms with van der Waals surface area (Å²) in [6.07, 6.45) is -1.21. The van der Waals surface area contributed by atoms with Crippen LogP contribution in [0.5, 0.6) is 0 Å². The van der Waals surface area contributed by atoms with Crippen LogP contribution in [0.15, 0.2) is 0 Å². The lowest BCUT2D eigenvalue weighted by molar-refractivity contribution is -0.120. The maximum absolute atomic E-state index is 10.6. The molecule has 0 aliphatic rings. The van der Waals surface area contributed by atoms with Crippen molar-refractivity contribution in [3.05, 3.63) is 0 Å². The Bertz CT molecular complexity index is 148. The Morgan fingerprint density at radius 3 is 2.45 bits per heavy atom. The molecule has 0 rings (SSSR count). The summed E-state index contributed by atoms with van der Waals surface area (Å²) in [6.45, 7) is 0.480. The number of nitrogens with two attached hydrogens (primary N) is 1. The molecule has 0 unspecified atom stereocenters. The molecule has 0 radical (unpaired) electrons. The average molecular weight is 161 g/mol. The molecule has 0 heterocycles.